The predicted octanol–water partition coefficient (Wildman–Crippen LogP) is 13.4. The average Bonchev–Trinajstić information content (AvgIpc) is 3.76. The summed E-state index contributed by atoms with van der Waals surface area (Å²) in [6.45, 7) is 9.99. The molecule has 0 saturated heterocycles. The SMILES string of the molecule is CCCc1ccccc1-c1cccc2c1C=C(c1ccccc1)[CH]2[Hf]([CH]1C(c2ccccc2)=Cc2c(-c3ccccc3CCC)cccc21)[SiH](C)C. The van der Waals surface area contributed by atoms with Gasteiger partial charge in [-0.05, 0) is 0 Å². The zero-order valence-corrected chi connectivity index (χ0v) is 35.8. The molecule has 52 heavy (non-hydrogen) atoms. The van der Waals surface area contributed by atoms with Crippen LogP contribution in [-0.2, 0) is 33.4 Å². The fourth-order valence-electron chi connectivity index (χ4n) is 9.13. The van der Waals surface area contributed by atoms with E-state index in [4.69, 9.17) is 0 Å². The summed E-state index contributed by atoms with van der Waals surface area (Å²) in [5.74, 6) is -1.12. The summed E-state index contributed by atoms with van der Waals surface area (Å²) in [6.07, 6.45) is 9.78. The predicted molar refractivity (Wildman–Crippen MR) is 225 cm³/mol. The molecule has 8 rings (SSSR count). The van der Waals surface area contributed by atoms with E-state index in [1.807, 2.05) is 0 Å². The van der Waals surface area contributed by atoms with Crippen molar-refractivity contribution < 1.29 is 20.6 Å². The Balaban J connectivity index is 1.36. The third-order valence-corrected chi connectivity index (χ3v) is 41.7. The quantitative estimate of drug-likeness (QED) is 0.114. The summed E-state index contributed by atoms with van der Waals surface area (Å²) >= 11 is -2.73. The van der Waals surface area contributed by atoms with Crippen LogP contribution in [0, 0.1) is 0 Å². The monoisotopic (exact) mass is 857 g/mol. The summed E-state index contributed by atoms with van der Waals surface area (Å²) in [4.78, 5) is 0. The van der Waals surface area contributed by atoms with Crippen LogP contribution in [0.3, 0.4) is 0 Å². The number of rotatable bonds is 11. The van der Waals surface area contributed by atoms with Gasteiger partial charge in [-0.2, -0.15) is 0 Å². The molecule has 6 aromatic carbocycles. The molecule has 0 bridgehead atoms. The van der Waals surface area contributed by atoms with Gasteiger partial charge in [-0.15, -0.1) is 0 Å². The van der Waals surface area contributed by atoms with Gasteiger partial charge in [0.2, 0.25) is 0 Å². The summed E-state index contributed by atoms with van der Waals surface area (Å²) in [7, 11) is 0. The van der Waals surface area contributed by atoms with Crippen molar-refractivity contribution in [2.75, 3.05) is 0 Å². The van der Waals surface area contributed by atoms with Crippen molar-refractivity contribution in [3.8, 4) is 22.3 Å². The molecule has 257 valence electrons. The fourth-order valence-corrected chi connectivity index (χ4v) is 40.7. The molecule has 0 N–H and O–H groups in total. The standard InChI is InChI=1S/2C24H21.C2H7Si.Hf/c2*1-2-9-19-12-6-7-14-22(19)23-15-8-13-20-16-21(17-24(20)23)18-10-4-3-5-11-18;1-3-2;/h2*3-8,10-17H,2,9H2,1H3;3H,1-2H3;. The first-order valence-electron chi connectivity index (χ1n) is 19.4. The first-order valence-corrected chi connectivity index (χ1v) is 32.7. The Labute approximate surface area is 320 Å². The van der Waals surface area contributed by atoms with Crippen LogP contribution in [0.4, 0.5) is 0 Å². The molecule has 0 heterocycles. The molecule has 2 heteroatoms. The van der Waals surface area contributed by atoms with E-state index in [9.17, 15) is 0 Å². The summed E-state index contributed by atoms with van der Waals surface area (Å²) in [5, 5.41) is 0. The molecule has 6 aromatic rings. The molecule has 2 aliphatic carbocycles. The Morgan fingerprint density at radius 1 is 0.442 bits per heavy atom. The first-order chi connectivity index (χ1) is 25.6. The summed E-state index contributed by atoms with van der Waals surface area (Å²) in [5.41, 5.74) is 20.6. The normalized spacial score (nSPS) is 16.0. The summed E-state index contributed by atoms with van der Waals surface area (Å²) < 4.78 is 1.01. The molecule has 0 amide bonds. The number of hydrogen-bond acceptors (Lipinski definition) is 0. The van der Waals surface area contributed by atoms with Crippen LogP contribution in [-0.4, -0.2) is 5.98 Å². The van der Waals surface area contributed by atoms with Gasteiger partial charge < -0.3 is 0 Å². The molecule has 0 nitrogen and oxygen atoms in total. The van der Waals surface area contributed by atoms with Gasteiger partial charge in [0.25, 0.3) is 0 Å². The van der Waals surface area contributed by atoms with Crippen LogP contribution in [0.15, 0.2) is 146 Å². The molecule has 0 aliphatic heterocycles. The molecule has 2 aliphatic rings. The zero-order chi connectivity index (χ0) is 35.6. The van der Waals surface area contributed by atoms with Crippen molar-refractivity contribution in [1.82, 2.24) is 0 Å². The molecule has 0 aromatic heterocycles. The molecule has 0 fully saturated rings. The topological polar surface area (TPSA) is 0 Å². The van der Waals surface area contributed by atoms with Crippen molar-refractivity contribution in [2.24, 2.45) is 0 Å². The van der Waals surface area contributed by atoms with Gasteiger partial charge in [-0.1, -0.05) is 0 Å². The fraction of sp³-hybridized carbons (Fsp3) is 0.200. The van der Waals surface area contributed by atoms with E-state index in [1.54, 1.807) is 22.3 Å². The second kappa shape index (κ2) is 15.5. The number of fused-ring (bicyclic) bond motifs is 2. The van der Waals surface area contributed by atoms with Gasteiger partial charge >= 0.3 is 322 Å². The van der Waals surface area contributed by atoms with Gasteiger partial charge in [0.15, 0.2) is 0 Å². The van der Waals surface area contributed by atoms with Crippen LogP contribution in [0.5, 0.6) is 0 Å². The number of aryl methyl sites for hydroxylation is 2. The van der Waals surface area contributed by atoms with Crippen LogP contribution in [0.1, 0.15) is 78.5 Å². The van der Waals surface area contributed by atoms with Crippen LogP contribution < -0.4 is 0 Å². The molecular formula is C50H49HfSi. The van der Waals surface area contributed by atoms with Gasteiger partial charge in [0.05, 0.1) is 0 Å². The van der Waals surface area contributed by atoms with Crippen molar-refractivity contribution in [3.05, 3.63) is 190 Å². The van der Waals surface area contributed by atoms with E-state index in [-0.39, 0.29) is 0 Å². The van der Waals surface area contributed by atoms with Gasteiger partial charge in [0, 0.05) is 0 Å². The van der Waals surface area contributed by atoms with Gasteiger partial charge in [-0.25, -0.2) is 0 Å². The molecule has 2 unspecified atom stereocenters. The van der Waals surface area contributed by atoms with Gasteiger partial charge in [0.1, 0.15) is 0 Å². The second-order valence-electron chi connectivity index (χ2n) is 14.9. The van der Waals surface area contributed by atoms with Crippen molar-refractivity contribution in [2.45, 2.75) is 60.0 Å². The molecule has 0 saturated carbocycles. The van der Waals surface area contributed by atoms with Crippen LogP contribution in [0.25, 0.3) is 45.6 Å². The minimum atomic E-state index is -2.73. The molecule has 2 atom stereocenters. The summed E-state index contributed by atoms with van der Waals surface area (Å²) in [6, 6.07) is 55.7. The average molecular weight is 857 g/mol. The van der Waals surface area contributed by atoms with E-state index >= 15 is 0 Å². The van der Waals surface area contributed by atoms with E-state index in [0.29, 0.717) is 7.35 Å². The maximum atomic E-state index is 2.70. The van der Waals surface area contributed by atoms with Crippen LogP contribution in [0.2, 0.25) is 13.1 Å². The Kier molecular flexibility index (Phi) is 10.4. The number of benzene rings is 6. The van der Waals surface area contributed by atoms with Gasteiger partial charge in [-0.3, -0.25) is 0 Å². The maximum absolute atomic E-state index is 2.73. The van der Waals surface area contributed by atoms with E-state index in [1.165, 1.54) is 55.6 Å². The number of allylic oxidation sites excluding steroid dienone is 2. The molecule has 0 radical (unpaired) electrons. The van der Waals surface area contributed by atoms with Crippen molar-refractivity contribution in [1.29, 1.82) is 0 Å². The minimum absolute atomic E-state index is 0.506. The Morgan fingerprint density at radius 3 is 1.23 bits per heavy atom. The second-order valence-corrected chi connectivity index (χ2v) is 42.8. The Bertz CT molecular complexity index is 2100. The molecule has 0 spiro atoms. The Hall–Kier alpha value is -4.11. The Morgan fingerprint density at radius 2 is 0.827 bits per heavy atom. The number of hydrogen-bond donors (Lipinski definition) is 0. The first kappa shape index (κ1) is 34.9. The third-order valence-electron chi connectivity index (χ3n) is 11.3. The van der Waals surface area contributed by atoms with Crippen molar-refractivity contribution in [3.63, 3.8) is 0 Å². The zero-order valence-electron chi connectivity index (χ0n) is 31.1. The molecular weight excluding hydrogens is 807 g/mol. The van der Waals surface area contributed by atoms with Crippen molar-refractivity contribution >= 4 is 29.3 Å². The van der Waals surface area contributed by atoms with Crippen LogP contribution >= 0.6 is 0 Å². The van der Waals surface area contributed by atoms with E-state index in [0.717, 1.165) is 25.7 Å². The third kappa shape index (κ3) is 6.43. The van der Waals surface area contributed by atoms with E-state index in [2.05, 4.69) is 185 Å². The van der Waals surface area contributed by atoms with E-state index < -0.39 is 26.6 Å².